The van der Waals surface area contributed by atoms with Crippen LogP contribution in [0.4, 0.5) is 4.79 Å². The van der Waals surface area contributed by atoms with Gasteiger partial charge < -0.3 is 10.4 Å². The molecule has 1 saturated heterocycles. The fourth-order valence-electron chi connectivity index (χ4n) is 2.04. The first-order valence-corrected chi connectivity index (χ1v) is 7.79. The molecule has 8 heteroatoms. The van der Waals surface area contributed by atoms with Gasteiger partial charge in [-0.15, -0.1) is 11.8 Å². The summed E-state index contributed by atoms with van der Waals surface area (Å²) in [6.45, 7) is 1.14. The van der Waals surface area contributed by atoms with Crippen molar-refractivity contribution in [2.45, 2.75) is 17.7 Å². The summed E-state index contributed by atoms with van der Waals surface area (Å²) in [4.78, 5) is 34.4. The normalized spacial score (nSPS) is 14.4. The third kappa shape index (κ3) is 4.39. The van der Waals surface area contributed by atoms with Crippen molar-refractivity contribution in [3.8, 4) is 0 Å². The molecule has 1 aliphatic rings. The second kappa shape index (κ2) is 7.69. The lowest BCUT2D eigenvalue weighted by Gasteiger charge is -2.34. The van der Waals surface area contributed by atoms with Crippen LogP contribution in [-0.4, -0.2) is 52.5 Å². The van der Waals surface area contributed by atoms with Gasteiger partial charge in [0, 0.05) is 18.0 Å². The number of carbonyl (C=O) groups is 3. The Kier molecular flexibility index (Phi) is 5.65. The lowest BCUT2D eigenvalue weighted by atomic mass is 10.2. The van der Waals surface area contributed by atoms with Crippen LogP contribution in [0, 0.1) is 0 Å². The number of benzene rings is 1. The topological polar surface area (TPSA) is 89.9 Å². The van der Waals surface area contributed by atoms with E-state index in [9.17, 15) is 14.4 Å². The van der Waals surface area contributed by atoms with Crippen LogP contribution in [0.15, 0.2) is 29.2 Å². The van der Waals surface area contributed by atoms with Gasteiger partial charge in [0.1, 0.15) is 0 Å². The quantitative estimate of drug-likeness (QED) is 0.446. The maximum Gasteiger partial charge on any atom is 0.336 e. The average Bonchev–Trinajstić information content (AvgIpc) is 2.50. The minimum Gasteiger partial charge on any atom is -0.481 e. The maximum absolute atomic E-state index is 11.7. The fourth-order valence-corrected chi connectivity index (χ4v) is 2.85. The van der Waals surface area contributed by atoms with E-state index in [1.807, 2.05) is 12.1 Å². The summed E-state index contributed by atoms with van der Waals surface area (Å²) in [5.41, 5.74) is 0.722. The molecule has 1 fully saturated rings. The number of hydrogen-bond donors (Lipinski definition) is 2. The van der Waals surface area contributed by atoms with E-state index in [0.29, 0.717) is 25.4 Å². The first kappa shape index (κ1) is 16.2. The van der Waals surface area contributed by atoms with Gasteiger partial charge in [0.2, 0.25) is 6.41 Å². The number of thioether (sulfide) groups is 1. The van der Waals surface area contributed by atoms with E-state index in [4.69, 9.17) is 5.11 Å². The van der Waals surface area contributed by atoms with E-state index >= 15 is 0 Å². The highest BCUT2D eigenvalue weighted by Crippen LogP contribution is 2.20. The monoisotopic (exact) mass is 323 g/mol. The van der Waals surface area contributed by atoms with Crippen molar-refractivity contribution in [1.82, 2.24) is 15.3 Å². The minimum absolute atomic E-state index is 0.0145. The number of carboxylic acids is 1. The molecule has 3 amide bonds. The number of carbonyl (C=O) groups excluding carboxylic acids is 2. The van der Waals surface area contributed by atoms with Crippen molar-refractivity contribution in [2.24, 2.45) is 0 Å². The van der Waals surface area contributed by atoms with Gasteiger partial charge in [-0.1, -0.05) is 12.1 Å². The molecular weight excluding hydrogens is 306 g/mol. The molecule has 0 saturated carbocycles. The van der Waals surface area contributed by atoms with Crippen molar-refractivity contribution in [3.63, 3.8) is 0 Å². The second-order valence-corrected chi connectivity index (χ2v) is 5.76. The number of urea groups is 1. The summed E-state index contributed by atoms with van der Waals surface area (Å²) in [5.74, 6) is -0.557. The molecule has 0 unspecified atom stereocenters. The zero-order chi connectivity index (χ0) is 15.9. The maximum atomic E-state index is 11.7. The molecule has 0 aromatic heterocycles. The third-order valence-corrected chi connectivity index (χ3v) is 4.13. The standard InChI is InChI=1S/C14H17N3O4S/c18-9-16(17-7-1-6-15-14(17)21)10-22-12-4-2-11(3-5-12)8-13(19)20/h2-5,9H,1,6-8,10H2,(H,15,21)(H,19,20). The van der Waals surface area contributed by atoms with Crippen LogP contribution in [0.25, 0.3) is 0 Å². The number of nitrogens with zero attached hydrogens (tertiary/aromatic N) is 2. The molecule has 0 aliphatic carbocycles. The van der Waals surface area contributed by atoms with Crippen LogP contribution in [0.1, 0.15) is 12.0 Å². The number of nitrogens with one attached hydrogen (secondary N) is 1. The molecule has 118 valence electrons. The first-order chi connectivity index (χ1) is 10.6. The van der Waals surface area contributed by atoms with Crippen LogP contribution in [0.3, 0.4) is 0 Å². The van der Waals surface area contributed by atoms with Crippen molar-refractivity contribution in [2.75, 3.05) is 19.0 Å². The molecule has 0 atom stereocenters. The highest BCUT2D eigenvalue weighted by Gasteiger charge is 2.23. The van der Waals surface area contributed by atoms with Gasteiger partial charge in [-0.2, -0.15) is 0 Å². The number of hydrogen-bond acceptors (Lipinski definition) is 4. The summed E-state index contributed by atoms with van der Waals surface area (Å²) in [6, 6.07) is 6.84. The third-order valence-electron chi connectivity index (χ3n) is 3.13. The summed E-state index contributed by atoms with van der Waals surface area (Å²) >= 11 is 1.40. The molecule has 1 heterocycles. The van der Waals surface area contributed by atoms with Crippen LogP contribution in [0.2, 0.25) is 0 Å². The molecule has 2 rings (SSSR count). The van der Waals surface area contributed by atoms with Crippen LogP contribution in [-0.2, 0) is 16.0 Å². The molecule has 2 N–H and O–H groups in total. The van der Waals surface area contributed by atoms with Crippen LogP contribution >= 0.6 is 11.8 Å². The van der Waals surface area contributed by atoms with E-state index in [0.717, 1.165) is 16.9 Å². The molecule has 1 aromatic rings. The van der Waals surface area contributed by atoms with E-state index in [2.05, 4.69) is 5.32 Å². The largest absolute Gasteiger partial charge is 0.481 e. The van der Waals surface area contributed by atoms with E-state index in [1.165, 1.54) is 21.8 Å². The molecule has 0 radical (unpaired) electrons. The van der Waals surface area contributed by atoms with Crippen LogP contribution in [0.5, 0.6) is 0 Å². The predicted molar refractivity (Wildman–Crippen MR) is 81.1 cm³/mol. The Labute approximate surface area is 132 Å². The Morgan fingerprint density at radius 3 is 2.73 bits per heavy atom. The summed E-state index contributed by atoms with van der Waals surface area (Å²) < 4.78 is 0. The first-order valence-electron chi connectivity index (χ1n) is 6.81. The minimum atomic E-state index is -0.872. The van der Waals surface area contributed by atoms with E-state index < -0.39 is 5.97 Å². The SMILES string of the molecule is O=CN(CSc1ccc(CC(=O)O)cc1)N1CCCNC1=O. The summed E-state index contributed by atoms with van der Waals surface area (Å²) in [5, 5.41) is 14.1. The van der Waals surface area contributed by atoms with Gasteiger partial charge in [-0.25, -0.2) is 14.8 Å². The van der Waals surface area contributed by atoms with Crippen molar-refractivity contribution < 1.29 is 19.5 Å². The molecule has 0 spiro atoms. The lowest BCUT2D eigenvalue weighted by molar-refractivity contribution is -0.136. The van der Waals surface area contributed by atoms with Crippen molar-refractivity contribution in [3.05, 3.63) is 29.8 Å². The Balaban J connectivity index is 1.91. The highest BCUT2D eigenvalue weighted by molar-refractivity contribution is 7.99. The second-order valence-electron chi connectivity index (χ2n) is 4.74. The van der Waals surface area contributed by atoms with Crippen molar-refractivity contribution in [1.29, 1.82) is 0 Å². The lowest BCUT2D eigenvalue weighted by Crippen LogP contribution is -2.54. The number of aliphatic carboxylic acids is 1. The Morgan fingerprint density at radius 2 is 2.14 bits per heavy atom. The van der Waals surface area contributed by atoms with Gasteiger partial charge in [-0.3, -0.25) is 9.59 Å². The fraction of sp³-hybridized carbons (Fsp3) is 0.357. The van der Waals surface area contributed by atoms with Gasteiger partial charge >= 0.3 is 12.0 Å². The Hall–Kier alpha value is -2.22. The molecule has 0 bridgehead atoms. The number of carboxylic acid groups (broad SMARTS) is 1. The molecule has 1 aromatic carbocycles. The number of amides is 3. The molecule has 22 heavy (non-hydrogen) atoms. The van der Waals surface area contributed by atoms with E-state index in [1.54, 1.807) is 12.1 Å². The Morgan fingerprint density at radius 1 is 1.41 bits per heavy atom. The summed E-state index contributed by atoms with van der Waals surface area (Å²) in [7, 11) is 0. The number of hydrazine groups is 1. The number of rotatable bonds is 7. The van der Waals surface area contributed by atoms with Gasteiger partial charge in [0.25, 0.3) is 0 Å². The zero-order valence-corrected chi connectivity index (χ0v) is 12.7. The predicted octanol–water partition coefficient (Wildman–Crippen LogP) is 1.15. The highest BCUT2D eigenvalue weighted by atomic mass is 32.2. The molecule has 1 aliphatic heterocycles. The van der Waals surface area contributed by atoms with Crippen LogP contribution < -0.4 is 5.32 Å². The average molecular weight is 323 g/mol. The van der Waals surface area contributed by atoms with Gasteiger partial charge in [0.05, 0.1) is 12.3 Å². The smallest absolute Gasteiger partial charge is 0.336 e. The van der Waals surface area contributed by atoms with Gasteiger partial charge in [0.15, 0.2) is 0 Å². The molecular formula is C14H17N3O4S. The Bertz CT molecular complexity index is 550. The molecule has 7 nitrogen and oxygen atoms in total. The summed E-state index contributed by atoms with van der Waals surface area (Å²) in [6.07, 6.45) is 1.42. The van der Waals surface area contributed by atoms with E-state index in [-0.39, 0.29) is 12.5 Å². The van der Waals surface area contributed by atoms with Gasteiger partial charge in [-0.05, 0) is 24.1 Å². The van der Waals surface area contributed by atoms with Crippen molar-refractivity contribution >= 4 is 30.2 Å². The zero-order valence-electron chi connectivity index (χ0n) is 11.9.